The monoisotopic (exact) mass is 449 g/mol. The van der Waals surface area contributed by atoms with E-state index < -0.39 is 0 Å². The van der Waals surface area contributed by atoms with Gasteiger partial charge in [0.1, 0.15) is 5.82 Å². The van der Waals surface area contributed by atoms with Gasteiger partial charge >= 0.3 is 0 Å². The summed E-state index contributed by atoms with van der Waals surface area (Å²) < 4.78 is 1.97. The van der Waals surface area contributed by atoms with Crippen LogP contribution in [-0.2, 0) is 0 Å². The fourth-order valence-electron chi connectivity index (χ4n) is 5.03. The molecule has 4 nitrogen and oxygen atoms in total. The van der Waals surface area contributed by atoms with Crippen molar-refractivity contribution in [3.8, 4) is 0 Å². The summed E-state index contributed by atoms with van der Waals surface area (Å²) in [5, 5.41) is 8.18. The summed E-state index contributed by atoms with van der Waals surface area (Å²) in [5.41, 5.74) is 5.67. The molecule has 34 heavy (non-hydrogen) atoms. The number of carbonyl (C=O) groups excluding carboxylic acids is 1. The summed E-state index contributed by atoms with van der Waals surface area (Å²) in [6.07, 6.45) is 3.92. The first-order chi connectivity index (χ1) is 16.6. The van der Waals surface area contributed by atoms with Gasteiger partial charge in [-0.2, -0.15) is 5.10 Å². The van der Waals surface area contributed by atoms with Gasteiger partial charge in [-0.25, -0.2) is 4.68 Å². The zero-order chi connectivity index (χ0) is 23.5. The predicted molar refractivity (Wildman–Crippen MR) is 137 cm³/mol. The normalized spacial score (nSPS) is 18.1. The van der Waals surface area contributed by atoms with Crippen molar-refractivity contribution in [2.45, 2.75) is 51.1 Å². The highest BCUT2D eigenvalue weighted by molar-refractivity contribution is 6.00. The Balaban J connectivity index is 1.37. The highest BCUT2D eigenvalue weighted by Gasteiger charge is 2.29. The zero-order valence-corrected chi connectivity index (χ0v) is 19.8. The maximum Gasteiger partial charge on any atom is 0.168 e. The van der Waals surface area contributed by atoms with Gasteiger partial charge < -0.3 is 5.32 Å². The highest BCUT2D eigenvalue weighted by Crippen LogP contribution is 2.37. The van der Waals surface area contributed by atoms with Crippen molar-refractivity contribution in [1.29, 1.82) is 0 Å². The van der Waals surface area contributed by atoms with E-state index in [2.05, 4.69) is 97.1 Å². The molecule has 0 saturated carbocycles. The molecule has 0 radical (unpaired) electrons. The fourth-order valence-corrected chi connectivity index (χ4v) is 5.03. The van der Waals surface area contributed by atoms with Crippen LogP contribution in [0.2, 0.25) is 0 Å². The van der Waals surface area contributed by atoms with Crippen LogP contribution in [0.15, 0.2) is 91.1 Å². The van der Waals surface area contributed by atoms with E-state index in [0.717, 1.165) is 18.7 Å². The molecule has 4 heteroatoms. The molecule has 0 fully saturated rings. The van der Waals surface area contributed by atoms with E-state index in [1.54, 1.807) is 6.20 Å². The molecule has 0 saturated heterocycles. The molecule has 0 spiro atoms. The SMILES string of the molecule is Cc1ccc(C(CCC(=O)c2cnn3c2NC(c2ccccc2)CC3C)c2ccccc2)cc1. The quantitative estimate of drug-likeness (QED) is 0.306. The van der Waals surface area contributed by atoms with Crippen molar-refractivity contribution in [3.05, 3.63) is 119 Å². The second kappa shape index (κ2) is 9.68. The largest absolute Gasteiger partial charge is 0.363 e. The van der Waals surface area contributed by atoms with Gasteiger partial charge in [0.15, 0.2) is 5.78 Å². The predicted octanol–water partition coefficient (Wildman–Crippen LogP) is 7.10. The van der Waals surface area contributed by atoms with Crippen molar-refractivity contribution in [1.82, 2.24) is 9.78 Å². The molecule has 3 atom stereocenters. The number of benzene rings is 3. The first-order valence-corrected chi connectivity index (χ1v) is 12.1. The Morgan fingerprint density at radius 2 is 1.62 bits per heavy atom. The molecule has 4 aromatic rings. The number of aryl methyl sites for hydroxylation is 1. The summed E-state index contributed by atoms with van der Waals surface area (Å²) in [5.74, 6) is 1.17. The van der Waals surface area contributed by atoms with Crippen molar-refractivity contribution < 1.29 is 4.79 Å². The molecular formula is C30H31N3O. The minimum absolute atomic E-state index is 0.141. The minimum atomic E-state index is 0.141. The van der Waals surface area contributed by atoms with Crippen molar-refractivity contribution in [2.24, 2.45) is 0 Å². The van der Waals surface area contributed by atoms with E-state index in [-0.39, 0.29) is 23.8 Å². The van der Waals surface area contributed by atoms with Crippen LogP contribution in [0.1, 0.15) is 76.8 Å². The summed E-state index contributed by atoms with van der Waals surface area (Å²) in [7, 11) is 0. The first kappa shape index (κ1) is 22.1. The van der Waals surface area contributed by atoms with E-state index in [4.69, 9.17) is 0 Å². The third kappa shape index (κ3) is 4.54. The van der Waals surface area contributed by atoms with Gasteiger partial charge in [-0.05, 0) is 43.4 Å². The maximum absolute atomic E-state index is 13.5. The van der Waals surface area contributed by atoms with Crippen molar-refractivity contribution >= 4 is 11.6 Å². The lowest BCUT2D eigenvalue weighted by molar-refractivity contribution is 0.0979. The van der Waals surface area contributed by atoms with E-state index in [1.807, 2.05) is 16.8 Å². The van der Waals surface area contributed by atoms with E-state index in [0.29, 0.717) is 12.0 Å². The zero-order valence-electron chi connectivity index (χ0n) is 19.8. The van der Waals surface area contributed by atoms with Gasteiger partial charge in [0.2, 0.25) is 0 Å². The van der Waals surface area contributed by atoms with Gasteiger partial charge in [-0.1, -0.05) is 90.5 Å². The molecule has 5 rings (SSSR count). The summed E-state index contributed by atoms with van der Waals surface area (Å²) in [6.45, 7) is 4.27. The summed E-state index contributed by atoms with van der Waals surface area (Å²) >= 11 is 0. The Hall–Kier alpha value is -3.66. The Morgan fingerprint density at radius 1 is 0.971 bits per heavy atom. The van der Waals surface area contributed by atoms with Crippen LogP contribution in [0.5, 0.6) is 0 Å². The molecule has 1 N–H and O–H groups in total. The third-order valence-electron chi connectivity index (χ3n) is 6.94. The molecule has 172 valence electrons. The standard InChI is InChI=1S/C30H31N3O/c1-21-13-15-24(16-14-21)26(23-9-5-3-6-10-23)17-18-29(34)27-20-31-33-22(2)19-28(32-30(27)33)25-11-7-4-8-12-25/h3-16,20,22,26,28,32H,17-19H2,1-2H3. The van der Waals surface area contributed by atoms with Crippen LogP contribution in [0.4, 0.5) is 5.82 Å². The molecule has 2 heterocycles. The van der Waals surface area contributed by atoms with E-state index in [9.17, 15) is 4.79 Å². The van der Waals surface area contributed by atoms with Crippen LogP contribution in [0.3, 0.4) is 0 Å². The number of rotatable bonds is 7. The lowest BCUT2D eigenvalue weighted by Gasteiger charge is -2.31. The van der Waals surface area contributed by atoms with Crippen LogP contribution < -0.4 is 5.32 Å². The number of hydrogen-bond donors (Lipinski definition) is 1. The summed E-state index contributed by atoms with van der Waals surface area (Å²) in [4.78, 5) is 13.5. The average molecular weight is 450 g/mol. The van der Waals surface area contributed by atoms with Gasteiger partial charge in [0.25, 0.3) is 0 Å². The molecule has 0 aliphatic carbocycles. The van der Waals surface area contributed by atoms with Gasteiger partial charge in [0, 0.05) is 12.3 Å². The number of anilines is 1. The molecule has 1 aromatic heterocycles. The second-order valence-corrected chi connectivity index (χ2v) is 9.38. The third-order valence-corrected chi connectivity index (χ3v) is 6.94. The van der Waals surface area contributed by atoms with Gasteiger partial charge in [-0.15, -0.1) is 0 Å². The van der Waals surface area contributed by atoms with Gasteiger partial charge in [-0.3, -0.25) is 4.79 Å². The average Bonchev–Trinajstić information content (AvgIpc) is 3.31. The molecule has 1 aliphatic heterocycles. The number of fused-ring (bicyclic) bond motifs is 1. The first-order valence-electron chi connectivity index (χ1n) is 12.1. The fraction of sp³-hybridized carbons (Fsp3) is 0.267. The van der Waals surface area contributed by atoms with Crippen LogP contribution >= 0.6 is 0 Å². The van der Waals surface area contributed by atoms with Crippen LogP contribution in [0.25, 0.3) is 0 Å². The highest BCUT2D eigenvalue weighted by atomic mass is 16.1. The Kier molecular flexibility index (Phi) is 6.31. The molecule has 1 aliphatic rings. The van der Waals surface area contributed by atoms with Crippen molar-refractivity contribution in [2.75, 3.05) is 5.32 Å². The van der Waals surface area contributed by atoms with E-state index in [1.165, 1.54) is 22.3 Å². The summed E-state index contributed by atoms with van der Waals surface area (Å²) in [6, 6.07) is 30.0. The lowest BCUT2D eigenvalue weighted by atomic mass is 9.86. The van der Waals surface area contributed by atoms with Crippen molar-refractivity contribution in [3.63, 3.8) is 0 Å². The number of Topliss-reactive ketones (excluding diaryl/α,β-unsaturated/α-hetero) is 1. The number of ketones is 1. The molecule has 3 aromatic carbocycles. The second-order valence-electron chi connectivity index (χ2n) is 9.38. The molecule has 0 bridgehead atoms. The molecular weight excluding hydrogens is 418 g/mol. The topological polar surface area (TPSA) is 46.9 Å². The molecule has 0 amide bonds. The minimum Gasteiger partial charge on any atom is -0.363 e. The van der Waals surface area contributed by atoms with Gasteiger partial charge in [0.05, 0.1) is 23.8 Å². The Morgan fingerprint density at radius 3 is 2.32 bits per heavy atom. The maximum atomic E-state index is 13.5. The number of carbonyl (C=O) groups is 1. The molecule has 3 unspecified atom stereocenters. The number of aromatic nitrogens is 2. The Labute approximate surface area is 201 Å². The number of nitrogens with one attached hydrogen (secondary N) is 1. The van der Waals surface area contributed by atoms with Crippen LogP contribution in [0, 0.1) is 6.92 Å². The smallest absolute Gasteiger partial charge is 0.168 e. The Bertz CT molecular complexity index is 1250. The number of nitrogens with zero attached hydrogens (tertiary/aromatic N) is 2. The lowest BCUT2D eigenvalue weighted by Crippen LogP contribution is -2.26. The number of hydrogen-bond acceptors (Lipinski definition) is 3. The van der Waals surface area contributed by atoms with Crippen LogP contribution in [-0.4, -0.2) is 15.6 Å². The van der Waals surface area contributed by atoms with E-state index >= 15 is 0 Å².